The molecule has 1 rings (SSSR count). The number of benzene rings is 1. The van der Waals surface area contributed by atoms with Crippen LogP contribution in [0, 0.1) is 0 Å². The summed E-state index contributed by atoms with van der Waals surface area (Å²) in [5.74, 6) is -0.829. The predicted octanol–water partition coefficient (Wildman–Crippen LogP) is 3.28. The molecule has 18 heavy (non-hydrogen) atoms. The van der Waals surface area contributed by atoms with E-state index in [1.165, 1.54) is 5.56 Å². The van der Waals surface area contributed by atoms with Crippen LogP contribution in [0.2, 0.25) is 0 Å². The van der Waals surface area contributed by atoms with Crippen molar-refractivity contribution in [3.63, 3.8) is 0 Å². The second-order valence-corrected chi connectivity index (χ2v) is 6.22. The number of anilines is 1. The Labute approximate surface area is 109 Å². The lowest BCUT2D eigenvalue weighted by molar-refractivity contribution is -0.142. The van der Waals surface area contributed by atoms with Gasteiger partial charge in [0, 0.05) is 12.7 Å². The summed E-state index contributed by atoms with van der Waals surface area (Å²) in [6.07, 6.45) is 0. The van der Waals surface area contributed by atoms with E-state index >= 15 is 0 Å². The molecule has 1 N–H and O–H groups in total. The molecule has 0 heterocycles. The molecule has 0 unspecified atom stereocenters. The van der Waals surface area contributed by atoms with Gasteiger partial charge in [-0.1, -0.05) is 32.9 Å². The molecule has 0 radical (unpaired) electrons. The molecule has 1 aromatic carbocycles. The minimum Gasteiger partial charge on any atom is -0.480 e. The summed E-state index contributed by atoms with van der Waals surface area (Å²) < 4.78 is 0. The van der Waals surface area contributed by atoms with Gasteiger partial charge in [0.15, 0.2) is 0 Å². The minimum atomic E-state index is -0.913. The molecular weight excluding hydrogens is 226 g/mol. The summed E-state index contributed by atoms with van der Waals surface area (Å²) in [6, 6.07) is 8.07. The maximum atomic E-state index is 11.2. The van der Waals surface area contributed by atoms with Gasteiger partial charge < -0.3 is 10.0 Å². The number of hydrogen-bond acceptors (Lipinski definition) is 2. The molecule has 0 saturated carbocycles. The van der Waals surface area contributed by atoms with Gasteiger partial charge in [-0.25, -0.2) is 4.79 Å². The van der Waals surface area contributed by atoms with Crippen molar-refractivity contribution >= 4 is 11.7 Å². The van der Waals surface area contributed by atoms with Crippen LogP contribution in [0.1, 0.15) is 40.2 Å². The molecule has 0 aliphatic carbocycles. The second kappa shape index (κ2) is 4.63. The SMILES string of the molecule is CN(c1ccc(C(C)(C)C)cc1)C(C)(C)C(=O)O. The summed E-state index contributed by atoms with van der Waals surface area (Å²) in [5.41, 5.74) is 1.35. The molecule has 0 spiro atoms. The maximum absolute atomic E-state index is 11.2. The third kappa shape index (κ3) is 2.84. The van der Waals surface area contributed by atoms with Gasteiger partial charge in [0.25, 0.3) is 0 Å². The normalized spacial score (nSPS) is 12.3. The van der Waals surface area contributed by atoms with Crippen molar-refractivity contribution in [3.05, 3.63) is 29.8 Å². The Hall–Kier alpha value is -1.51. The third-order valence-corrected chi connectivity index (χ3v) is 3.48. The Morgan fingerprint density at radius 2 is 1.50 bits per heavy atom. The molecular formula is C15H23NO2. The molecule has 100 valence electrons. The van der Waals surface area contributed by atoms with Gasteiger partial charge in [0.05, 0.1) is 0 Å². The third-order valence-electron chi connectivity index (χ3n) is 3.48. The van der Waals surface area contributed by atoms with Crippen LogP contribution >= 0.6 is 0 Å². The summed E-state index contributed by atoms with van der Waals surface area (Å²) in [4.78, 5) is 13.0. The van der Waals surface area contributed by atoms with Crippen molar-refractivity contribution < 1.29 is 9.90 Å². The number of carboxylic acid groups (broad SMARTS) is 1. The quantitative estimate of drug-likeness (QED) is 0.893. The molecule has 0 fully saturated rings. The topological polar surface area (TPSA) is 40.5 Å². The molecule has 0 aliphatic rings. The molecule has 0 bridgehead atoms. The van der Waals surface area contributed by atoms with E-state index < -0.39 is 11.5 Å². The molecule has 0 amide bonds. The van der Waals surface area contributed by atoms with Gasteiger partial charge in [-0.05, 0) is 37.0 Å². The maximum Gasteiger partial charge on any atom is 0.328 e. The fourth-order valence-electron chi connectivity index (χ4n) is 1.65. The van der Waals surface area contributed by atoms with Crippen LogP contribution in [0.15, 0.2) is 24.3 Å². The molecule has 1 aromatic rings. The molecule has 3 heteroatoms. The molecule has 0 atom stereocenters. The average Bonchev–Trinajstić information content (AvgIpc) is 2.26. The van der Waals surface area contributed by atoms with Gasteiger partial charge in [0.1, 0.15) is 5.54 Å². The number of hydrogen-bond donors (Lipinski definition) is 1. The van der Waals surface area contributed by atoms with Crippen LogP contribution in [0.4, 0.5) is 5.69 Å². The van der Waals surface area contributed by atoms with Crippen molar-refractivity contribution in [2.45, 2.75) is 45.6 Å². The number of nitrogens with zero attached hydrogens (tertiary/aromatic N) is 1. The van der Waals surface area contributed by atoms with Gasteiger partial charge in [-0.15, -0.1) is 0 Å². The summed E-state index contributed by atoms with van der Waals surface area (Å²) in [7, 11) is 1.81. The Balaban J connectivity index is 3.03. The van der Waals surface area contributed by atoms with Gasteiger partial charge in [-0.3, -0.25) is 0 Å². The van der Waals surface area contributed by atoms with E-state index in [9.17, 15) is 9.90 Å². The molecule has 0 saturated heterocycles. The molecule has 0 aliphatic heterocycles. The average molecular weight is 249 g/mol. The highest BCUT2D eigenvalue weighted by Crippen LogP contribution is 2.27. The highest BCUT2D eigenvalue weighted by molar-refractivity contribution is 5.82. The van der Waals surface area contributed by atoms with E-state index in [-0.39, 0.29) is 5.41 Å². The van der Waals surface area contributed by atoms with Crippen molar-refractivity contribution in [3.8, 4) is 0 Å². The van der Waals surface area contributed by atoms with Gasteiger partial charge in [0.2, 0.25) is 0 Å². The van der Waals surface area contributed by atoms with Crippen molar-refractivity contribution in [1.29, 1.82) is 0 Å². The van der Waals surface area contributed by atoms with E-state index in [0.717, 1.165) is 5.69 Å². The lowest BCUT2D eigenvalue weighted by Gasteiger charge is -2.34. The van der Waals surface area contributed by atoms with E-state index in [4.69, 9.17) is 0 Å². The Bertz CT molecular complexity index is 427. The first-order chi connectivity index (χ1) is 8.06. The van der Waals surface area contributed by atoms with Crippen LogP contribution in [0.3, 0.4) is 0 Å². The lowest BCUT2D eigenvalue weighted by Crippen LogP contribution is -2.48. The highest BCUT2D eigenvalue weighted by Gasteiger charge is 2.32. The smallest absolute Gasteiger partial charge is 0.328 e. The fraction of sp³-hybridized carbons (Fsp3) is 0.533. The van der Waals surface area contributed by atoms with Crippen LogP contribution in [-0.4, -0.2) is 23.7 Å². The standard InChI is InChI=1S/C15H23NO2/c1-14(2,3)11-7-9-12(10-8-11)16(6)15(4,5)13(17)18/h7-10H,1-6H3,(H,17,18). The minimum absolute atomic E-state index is 0.111. The lowest BCUT2D eigenvalue weighted by atomic mass is 9.87. The zero-order valence-corrected chi connectivity index (χ0v) is 12.1. The van der Waals surface area contributed by atoms with Crippen LogP contribution in [-0.2, 0) is 10.2 Å². The number of rotatable bonds is 3. The Morgan fingerprint density at radius 3 is 1.83 bits per heavy atom. The highest BCUT2D eigenvalue weighted by atomic mass is 16.4. The summed E-state index contributed by atoms with van der Waals surface area (Å²) in [5, 5.41) is 9.22. The van der Waals surface area contributed by atoms with E-state index in [1.807, 2.05) is 12.1 Å². The monoisotopic (exact) mass is 249 g/mol. The van der Waals surface area contributed by atoms with Crippen molar-refractivity contribution in [2.75, 3.05) is 11.9 Å². The van der Waals surface area contributed by atoms with Crippen LogP contribution in [0.25, 0.3) is 0 Å². The van der Waals surface area contributed by atoms with E-state index in [2.05, 4.69) is 32.9 Å². The number of carbonyl (C=O) groups is 1. The number of carboxylic acids is 1. The summed E-state index contributed by atoms with van der Waals surface area (Å²) in [6.45, 7) is 9.88. The van der Waals surface area contributed by atoms with E-state index in [0.29, 0.717) is 0 Å². The number of likely N-dealkylation sites (N-methyl/N-ethyl adjacent to an activating group) is 1. The first-order valence-corrected chi connectivity index (χ1v) is 6.14. The zero-order valence-electron chi connectivity index (χ0n) is 12.1. The van der Waals surface area contributed by atoms with Gasteiger partial charge in [-0.2, -0.15) is 0 Å². The first-order valence-electron chi connectivity index (χ1n) is 6.14. The van der Waals surface area contributed by atoms with Crippen LogP contribution < -0.4 is 4.90 Å². The Morgan fingerprint density at radius 1 is 1.06 bits per heavy atom. The zero-order chi connectivity index (χ0) is 14.1. The van der Waals surface area contributed by atoms with Gasteiger partial charge >= 0.3 is 5.97 Å². The van der Waals surface area contributed by atoms with E-state index in [1.54, 1.807) is 25.8 Å². The largest absolute Gasteiger partial charge is 0.480 e. The van der Waals surface area contributed by atoms with Crippen LogP contribution in [0.5, 0.6) is 0 Å². The predicted molar refractivity (Wildman–Crippen MR) is 75.3 cm³/mol. The first kappa shape index (κ1) is 14.6. The molecule has 0 aromatic heterocycles. The molecule has 3 nitrogen and oxygen atoms in total. The summed E-state index contributed by atoms with van der Waals surface area (Å²) >= 11 is 0. The Kier molecular flexibility index (Phi) is 3.75. The number of aliphatic carboxylic acids is 1. The van der Waals surface area contributed by atoms with Crippen molar-refractivity contribution in [1.82, 2.24) is 0 Å². The fourth-order valence-corrected chi connectivity index (χ4v) is 1.65. The van der Waals surface area contributed by atoms with Crippen molar-refractivity contribution in [2.24, 2.45) is 0 Å². The second-order valence-electron chi connectivity index (χ2n) is 6.22.